The normalized spacial score (nSPS) is 11.4. The first-order valence-electron chi connectivity index (χ1n) is 6.60. The molecule has 1 aromatic heterocycles. The van der Waals surface area contributed by atoms with Crippen molar-refractivity contribution < 1.29 is 13.2 Å². The molecule has 0 saturated carbocycles. The molecule has 21 heavy (non-hydrogen) atoms. The van der Waals surface area contributed by atoms with E-state index >= 15 is 0 Å². The van der Waals surface area contributed by atoms with Gasteiger partial charge in [0.05, 0.1) is 28.6 Å². The fraction of sp³-hybridized carbons (Fsp3) is 0.333. The Bertz CT molecular complexity index is 693. The highest BCUT2D eigenvalue weighted by atomic mass is 19.4. The monoisotopic (exact) mass is 293 g/mol. The first-order chi connectivity index (χ1) is 9.90. The number of aromatic nitrogens is 2. The molecule has 6 heteroatoms. The molecular weight excluding hydrogens is 279 g/mol. The number of aryl methyl sites for hydroxylation is 2. The largest absolute Gasteiger partial charge is 0.417 e. The van der Waals surface area contributed by atoms with Crippen LogP contribution in [0.5, 0.6) is 0 Å². The van der Waals surface area contributed by atoms with E-state index in [1.807, 2.05) is 19.9 Å². The Morgan fingerprint density at radius 2 is 1.90 bits per heavy atom. The summed E-state index contributed by atoms with van der Waals surface area (Å²) < 4.78 is 40.5. The van der Waals surface area contributed by atoms with Crippen LogP contribution in [0.25, 0.3) is 5.69 Å². The summed E-state index contributed by atoms with van der Waals surface area (Å²) in [7, 11) is 0. The van der Waals surface area contributed by atoms with Crippen molar-refractivity contribution in [3.63, 3.8) is 0 Å². The van der Waals surface area contributed by atoms with Crippen LogP contribution in [0.1, 0.15) is 36.4 Å². The van der Waals surface area contributed by atoms with Gasteiger partial charge >= 0.3 is 6.18 Å². The first kappa shape index (κ1) is 15.1. The molecule has 0 radical (unpaired) electrons. The van der Waals surface area contributed by atoms with Gasteiger partial charge in [0.15, 0.2) is 0 Å². The van der Waals surface area contributed by atoms with Crippen LogP contribution in [-0.2, 0) is 19.0 Å². The lowest BCUT2D eigenvalue weighted by molar-refractivity contribution is -0.137. The van der Waals surface area contributed by atoms with Crippen LogP contribution in [-0.4, -0.2) is 9.78 Å². The molecule has 2 aromatic rings. The van der Waals surface area contributed by atoms with Gasteiger partial charge in [0.2, 0.25) is 0 Å². The zero-order valence-corrected chi connectivity index (χ0v) is 11.7. The molecule has 2 rings (SSSR count). The molecule has 0 N–H and O–H groups in total. The molecule has 0 bridgehead atoms. The van der Waals surface area contributed by atoms with Gasteiger partial charge in [-0.3, -0.25) is 0 Å². The van der Waals surface area contributed by atoms with E-state index in [4.69, 9.17) is 5.26 Å². The third kappa shape index (κ3) is 2.92. The molecule has 0 atom stereocenters. The minimum atomic E-state index is -4.56. The summed E-state index contributed by atoms with van der Waals surface area (Å²) in [5.74, 6) is 0. The highest BCUT2D eigenvalue weighted by Crippen LogP contribution is 2.33. The predicted molar refractivity (Wildman–Crippen MR) is 72.0 cm³/mol. The summed E-state index contributed by atoms with van der Waals surface area (Å²) in [4.78, 5) is 0. The first-order valence-corrected chi connectivity index (χ1v) is 6.60. The zero-order valence-electron chi connectivity index (χ0n) is 11.7. The summed E-state index contributed by atoms with van der Waals surface area (Å²) in [5, 5.41) is 13.1. The summed E-state index contributed by atoms with van der Waals surface area (Å²) in [6, 6.07) is 7.10. The highest BCUT2D eigenvalue weighted by Gasteiger charge is 2.34. The fourth-order valence-corrected chi connectivity index (χ4v) is 2.12. The lowest BCUT2D eigenvalue weighted by atomic mass is 10.1. The molecule has 110 valence electrons. The summed E-state index contributed by atoms with van der Waals surface area (Å²) >= 11 is 0. The SMILES string of the molecule is CCc1cc(CC)n(-c2ccc(C#N)c(C(F)(F)F)c2)n1. The van der Waals surface area contributed by atoms with Crippen molar-refractivity contribution in [1.29, 1.82) is 5.26 Å². The number of benzene rings is 1. The third-order valence-corrected chi connectivity index (χ3v) is 3.23. The second-order valence-corrected chi connectivity index (χ2v) is 4.59. The number of alkyl halides is 3. The van der Waals surface area contributed by atoms with Gasteiger partial charge in [-0.2, -0.15) is 23.5 Å². The van der Waals surface area contributed by atoms with Crippen LogP contribution >= 0.6 is 0 Å². The van der Waals surface area contributed by atoms with Crippen molar-refractivity contribution in [2.45, 2.75) is 32.9 Å². The molecular formula is C15H14F3N3. The van der Waals surface area contributed by atoms with E-state index in [-0.39, 0.29) is 5.56 Å². The molecule has 0 saturated heterocycles. The van der Waals surface area contributed by atoms with Crippen LogP contribution < -0.4 is 0 Å². The Morgan fingerprint density at radius 3 is 2.43 bits per heavy atom. The average Bonchev–Trinajstić information content (AvgIpc) is 2.89. The van der Waals surface area contributed by atoms with Crippen LogP contribution in [0, 0.1) is 11.3 Å². The van der Waals surface area contributed by atoms with E-state index in [1.165, 1.54) is 16.8 Å². The predicted octanol–water partition coefficient (Wildman–Crippen LogP) is 3.89. The van der Waals surface area contributed by atoms with Crippen LogP contribution in [0.3, 0.4) is 0 Å². The van der Waals surface area contributed by atoms with Gasteiger partial charge in [-0.1, -0.05) is 13.8 Å². The lowest BCUT2D eigenvalue weighted by Crippen LogP contribution is -2.10. The minimum absolute atomic E-state index is 0.317. The fourth-order valence-electron chi connectivity index (χ4n) is 2.12. The van der Waals surface area contributed by atoms with Gasteiger partial charge in [-0.05, 0) is 37.1 Å². The molecule has 1 heterocycles. The van der Waals surface area contributed by atoms with Crippen LogP contribution in [0.4, 0.5) is 13.2 Å². The number of rotatable bonds is 3. The molecule has 0 amide bonds. The molecule has 1 aromatic carbocycles. The minimum Gasteiger partial charge on any atom is -0.238 e. The van der Waals surface area contributed by atoms with Crippen molar-refractivity contribution in [2.75, 3.05) is 0 Å². The molecule has 3 nitrogen and oxygen atoms in total. The topological polar surface area (TPSA) is 41.6 Å². The number of nitriles is 1. The molecule has 0 spiro atoms. The van der Waals surface area contributed by atoms with E-state index in [0.29, 0.717) is 18.5 Å². The number of hydrogen-bond acceptors (Lipinski definition) is 2. The van der Waals surface area contributed by atoms with E-state index in [1.54, 1.807) is 6.07 Å². The van der Waals surface area contributed by atoms with Gasteiger partial charge < -0.3 is 0 Å². The standard InChI is InChI=1S/C15H14F3N3/c1-3-11-7-12(4-2)21(20-11)13-6-5-10(9-19)14(8-13)15(16,17)18/h5-8H,3-4H2,1-2H3. The number of halogens is 3. The van der Waals surface area contributed by atoms with Crippen molar-refractivity contribution in [1.82, 2.24) is 9.78 Å². The quantitative estimate of drug-likeness (QED) is 0.861. The maximum atomic E-state index is 13.0. The summed E-state index contributed by atoms with van der Waals surface area (Å²) in [5.41, 5.74) is 0.664. The number of hydrogen-bond donors (Lipinski definition) is 0. The Hall–Kier alpha value is -2.29. The Kier molecular flexibility index (Phi) is 4.03. The zero-order chi connectivity index (χ0) is 15.6. The van der Waals surface area contributed by atoms with E-state index in [2.05, 4.69) is 5.10 Å². The third-order valence-electron chi connectivity index (χ3n) is 3.23. The number of nitrogens with zero attached hydrogens (tertiary/aromatic N) is 3. The van der Waals surface area contributed by atoms with Gasteiger partial charge in [0.1, 0.15) is 0 Å². The highest BCUT2D eigenvalue weighted by molar-refractivity contribution is 5.47. The van der Waals surface area contributed by atoms with Gasteiger partial charge in [-0.25, -0.2) is 4.68 Å². The molecule has 0 aliphatic carbocycles. The Morgan fingerprint density at radius 1 is 1.19 bits per heavy atom. The molecule has 0 fully saturated rings. The van der Waals surface area contributed by atoms with Crippen LogP contribution in [0.15, 0.2) is 24.3 Å². The van der Waals surface area contributed by atoms with Crippen molar-refractivity contribution in [3.8, 4) is 11.8 Å². The Labute approximate surface area is 120 Å². The Balaban J connectivity index is 2.61. The lowest BCUT2D eigenvalue weighted by Gasteiger charge is -2.12. The summed E-state index contributed by atoms with van der Waals surface area (Å²) in [6.45, 7) is 3.85. The average molecular weight is 293 g/mol. The molecule has 0 unspecified atom stereocenters. The van der Waals surface area contributed by atoms with E-state index in [0.717, 1.165) is 17.5 Å². The van der Waals surface area contributed by atoms with Gasteiger partial charge in [0, 0.05) is 5.69 Å². The smallest absolute Gasteiger partial charge is 0.238 e. The second-order valence-electron chi connectivity index (χ2n) is 4.59. The van der Waals surface area contributed by atoms with E-state index in [9.17, 15) is 13.2 Å². The summed E-state index contributed by atoms with van der Waals surface area (Å²) in [6.07, 6.45) is -3.19. The van der Waals surface area contributed by atoms with Gasteiger partial charge in [0.25, 0.3) is 0 Å². The van der Waals surface area contributed by atoms with Crippen molar-refractivity contribution in [3.05, 3.63) is 46.8 Å². The van der Waals surface area contributed by atoms with Crippen molar-refractivity contribution >= 4 is 0 Å². The van der Waals surface area contributed by atoms with Gasteiger partial charge in [-0.15, -0.1) is 0 Å². The van der Waals surface area contributed by atoms with Crippen LogP contribution in [0.2, 0.25) is 0 Å². The molecule has 0 aliphatic heterocycles. The molecule has 0 aliphatic rings. The van der Waals surface area contributed by atoms with E-state index < -0.39 is 11.7 Å². The maximum absolute atomic E-state index is 13.0. The van der Waals surface area contributed by atoms with Crippen molar-refractivity contribution in [2.24, 2.45) is 0 Å². The second kappa shape index (κ2) is 5.60. The maximum Gasteiger partial charge on any atom is 0.417 e.